The Kier molecular flexibility index (Phi) is 6.52. The molecule has 0 bridgehead atoms. The summed E-state index contributed by atoms with van der Waals surface area (Å²) in [5.74, 6) is 0.635. The normalized spacial score (nSPS) is 10.8. The Labute approximate surface area is 181 Å². The van der Waals surface area contributed by atoms with Crippen molar-refractivity contribution in [2.24, 2.45) is 0 Å². The lowest BCUT2D eigenvalue weighted by atomic mass is 10.1. The molecule has 0 saturated heterocycles. The van der Waals surface area contributed by atoms with Gasteiger partial charge in [0.05, 0.1) is 29.7 Å². The summed E-state index contributed by atoms with van der Waals surface area (Å²) in [5.41, 5.74) is 5.23. The van der Waals surface area contributed by atoms with Gasteiger partial charge in [0.2, 0.25) is 0 Å². The molecule has 0 fully saturated rings. The Morgan fingerprint density at radius 1 is 1.23 bits per heavy atom. The average Bonchev–Trinajstić information content (AvgIpc) is 3.30. The lowest BCUT2D eigenvalue weighted by Gasteiger charge is -2.06. The number of carbonyl (C=O) groups is 1. The van der Waals surface area contributed by atoms with Gasteiger partial charge in [-0.3, -0.25) is 9.20 Å². The molecule has 1 amide bonds. The van der Waals surface area contributed by atoms with E-state index < -0.39 is 0 Å². The number of amides is 1. The summed E-state index contributed by atoms with van der Waals surface area (Å²) in [6.07, 6.45) is 8.73. The fourth-order valence-corrected chi connectivity index (χ4v) is 3.43. The van der Waals surface area contributed by atoms with Gasteiger partial charge < -0.3 is 22.2 Å². The van der Waals surface area contributed by atoms with Crippen molar-refractivity contribution in [2.45, 2.75) is 33.7 Å². The van der Waals surface area contributed by atoms with Crippen LogP contribution in [0.2, 0.25) is 0 Å². The number of hydrogen-bond donors (Lipinski definition) is 1. The van der Waals surface area contributed by atoms with Crippen molar-refractivity contribution in [2.75, 3.05) is 6.54 Å². The second-order valence-electron chi connectivity index (χ2n) is 7.04. The second kappa shape index (κ2) is 9.09. The Hall–Kier alpha value is -3.19. The molecular weight excluding hydrogens is 402 g/mol. The smallest absolute Gasteiger partial charge is 0.251 e. The molecule has 0 aliphatic heterocycles. The van der Waals surface area contributed by atoms with Crippen LogP contribution in [0.3, 0.4) is 0 Å². The quantitative estimate of drug-likeness (QED) is 0.437. The highest BCUT2D eigenvalue weighted by atomic mass is 35.5. The van der Waals surface area contributed by atoms with Crippen molar-refractivity contribution in [3.63, 3.8) is 0 Å². The molecule has 0 spiro atoms. The van der Waals surface area contributed by atoms with Gasteiger partial charge >= 0.3 is 0 Å². The van der Waals surface area contributed by atoms with Crippen LogP contribution in [-0.4, -0.2) is 27.0 Å². The summed E-state index contributed by atoms with van der Waals surface area (Å²) in [7, 11) is 0. The van der Waals surface area contributed by atoms with Crippen LogP contribution in [0.25, 0.3) is 16.9 Å². The van der Waals surface area contributed by atoms with Crippen LogP contribution in [0.1, 0.15) is 34.3 Å². The molecule has 0 aliphatic carbocycles. The first-order valence-corrected chi connectivity index (χ1v) is 9.73. The number of aryl methyl sites for hydroxylation is 3. The zero-order chi connectivity index (χ0) is 20.4. The highest BCUT2D eigenvalue weighted by Crippen LogP contribution is 2.27. The van der Waals surface area contributed by atoms with E-state index in [1.165, 1.54) is 5.56 Å². The number of nitrogens with zero attached hydrogens (tertiary/aromatic N) is 4. The molecular formula is C22H24ClN5O2. The van der Waals surface area contributed by atoms with Crippen molar-refractivity contribution in [1.29, 1.82) is 0 Å². The molecule has 30 heavy (non-hydrogen) atoms. The van der Waals surface area contributed by atoms with E-state index in [1.54, 1.807) is 18.3 Å². The predicted molar refractivity (Wildman–Crippen MR) is 109 cm³/mol. The molecule has 8 heteroatoms. The minimum Gasteiger partial charge on any atom is -1.00 e. The van der Waals surface area contributed by atoms with Gasteiger partial charge in [-0.25, -0.2) is 9.55 Å². The first-order valence-electron chi connectivity index (χ1n) is 9.73. The molecule has 4 heterocycles. The highest BCUT2D eigenvalue weighted by molar-refractivity contribution is 5.95. The third kappa shape index (κ3) is 4.21. The predicted octanol–water partition coefficient (Wildman–Crippen LogP) is -0.110. The van der Waals surface area contributed by atoms with E-state index in [2.05, 4.69) is 39.1 Å². The largest absolute Gasteiger partial charge is 1.00 e. The first kappa shape index (κ1) is 21.5. The number of carbonyl (C=O) groups excluding carboxylic acids is 1. The maximum absolute atomic E-state index is 12.5. The zero-order valence-electron chi connectivity index (χ0n) is 17.2. The number of nitrogens with one attached hydrogen (secondary N) is 1. The summed E-state index contributed by atoms with van der Waals surface area (Å²) in [6.45, 7) is 7.19. The van der Waals surface area contributed by atoms with Crippen molar-refractivity contribution in [1.82, 2.24) is 19.9 Å². The number of pyridine rings is 2. The Bertz CT molecular complexity index is 1140. The minimum atomic E-state index is -0.111. The Morgan fingerprint density at radius 2 is 2.00 bits per heavy atom. The maximum Gasteiger partial charge on any atom is 0.251 e. The number of imidazole rings is 1. The lowest BCUT2D eigenvalue weighted by molar-refractivity contribution is -0.694. The van der Waals surface area contributed by atoms with Gasteiger partial charge in [-0.2, -0.15) is 0 Å². The van der Waals surface area contributed by atoms with E-state index in [-0.39, 0.29) is 18.3 Å². The molecule has 156 valence electrons. The molecule has 0 radical (unpaired) electrons. The molecule has 0 aromatic carbocycles. The molecule has 1 N–H and O–H groups in total. The Balaban J connectivity index is 0.00000256. The third-order valence-electron chi connectivity index (χ3n) is 5.09. The van der Waals surface area contributed by atoms with Gasteiger partial charge in [0.25, 0.3) is 5.91 Å². The van der Waals surface area contributed by atoms with Crippen molar-refractivity contribution >= 4 is 11.6 Å². The molecule has 0 saturated carbocycles. The number of halogens is 1. The van der Waals surface area contributed by atoms with Crippen LogP contribution in [0, 0.1) is 13.8 Å². The fourth-order valence-electron chi connectivity index (χ4n) is 3.43. The molecule has 4 aromatic rings. The van der Waals surface area contributed by atoms with E-state index in [9.17, 15) is 4.79 Å². The maximum atomic E-state index is 12.5. The third-order valence-corrected chi connectivity index (χ3v) is 5.09. The second-order valence-corrected chi connectivity index (χ2v) is 7.04. The van der Waals surface area contributed by atoms with Crippen LogP contribution in [-0.2, 0) is 13.0 Å². The number of hydrogen-bond acceptors (Lipinski definition) is 4. The standard InChI is InChI=1S/C22H23N5O2.ClH/c1-4-17-5-9-26(10-6-17)12-8-23-22(28)18-7-11-27-19(14-24-20(27)13-18)21-15(2)25-29-16(21)3;/h5-7,9-11,13-14H,4,8,12H2,1-3H3;1H. The van der Waals surface area contributed by atoms with Crippen LogP contribution in [0.15, 0.2) is 53.6 Å². The molecule has 7 nitrogen and oxygen atoms in total. The minimum absolute atomic E-state index is 0. The van der Waals surface area contributed by atoms with E-state index in [1.807, 2.05) is 36.8 Å². The van der Waals surface area contributed by atoms with Gasteiger partial charge in [0.15, 0.2) is 18.9 Å². The Morgan fingerprint density at radius 3 is 2.67 bits per heavy atom. The van der Waals surface area contributed by atoms with Crippen LogP contribution < -0.4 is 22.3 Å². The highest BCUT2D eigenvalue weighted by Gasteiger charge is 2.16. The van der Waals surface area contributed by atoms with Gasteiger partial charge in [-0.05, 0) is 38.0 Å². The van der Waals surface area contributed by atoms with Gasteiger partial charge in [-0.15, -0.1) is 0 Å². The van der Waals surface area contributed by atoms with E-state index >= 15 is 0 Å². The SMILES string of the molecule is CCc1cc[n+](CCNC(=O)c2ccn3c(-c4c(C)noc4C)cnc3c2)cc1.[Cl-]. The van der Waals surface area contributed by atoms with E-state index in [0.717, 1.165) is 35.7 Å². The summed E-state index contributed by atoms with van der Waals surface area (Å²) in [5, 5.41) is 6.98. The summed E-state index contributed by atoms with van der Waals surface area (Å²) < 4.78 is 9.27. The van der Waals surface area contributed by atoms with Gasteiger partial charge in [0.1, 0.15) is 11.4 Å². The molecule has 4 aromatic heterocycles. The average molecular weight is 426 g/mol. The van der Waals surface area contributed by atoms with Crippen molar-refractivity contribution in [3.05, 3.63) is 71.6 Å². The fraction of sp³-hybridized carbons (Fsp3) is 0.273. The number of aromatic nitrogens is 4. The monoisotopic (exact) mass is 425 g/mol. The molecule has 0 unspecified atom stereocenters. The zero-order valence-corrected chi connectivity index (χ0v) is 18.0. The van der Waals surface area contributed by atoms with Gasteiger partial charge in [0, 0.05) is 23.9 Å². The van der Waals surface area contributed by atoms with Crippen molar-refractivity contribution in [3.8, 4) is 11.3 Å². The lowest BCUT2D eigenvalue weighted by Crippen LogP contribution is -3.00. The molecule has 0 aliphatic rings. The van der Waals surface area contributed by atoms with Crippen LogP contribution in [0.4, 0.5) is 0 Å². The number of fused-ring (bicyclic) bond motifs is 1. The summed E-state index contributed by atoms with van der Waals surface area (Å²) >= 11 is 0. The van der Waals surface area contributed by atoms with Crippen molar-refractivity contribution < 1.29 is 26.3 Å². The topological polar surface area (TPSA) is 76.3 Å². The van der Waals surface area contributed by atoms with Crippen LogP contribution in [0.5, 0.6) is 0 Å². The van der Waals surface area contributed by atoms with E-state index in [0.29, 0.717) is 17.8 Å². The van der Waals surface area contributed by atoms with Gasteiger partial charge in [-0.1, -0.05) is 12.1 Å². The number of rotatable bonds is 6. The molecule has 0 atom stereocenters. The first-order chi connectivity index (χ1) is 14.1. The van der Waals surface area contributed by atoms with Crippen LogP contribution >= 0.6 is 0 Å². The summed E-state index contributed by atoms with van der Waals surface area (Å²) in [6, 6.07) is 7.80. The summed E-state index contributed by atoms with van der Waals surface area (Å²) in [4.78, 5) is 17.0. The van der Waals surface area contributed by atoms with E-state index in [4.69, 9.17) is 4.52 Å². The molecule has 4 rings (SSSR count).